The van der Waals surface area contributed by atoms with E-state index in [0.29, 0.717) is 5.82 Å². The molecule has 0 aromatic carbocycles. The Morgan fingerprint density at radius 3 is 2.72 bits per heavy atom. The van der Waals surface area contributed by atoms with Gasteiger partial charge in [0.25, 0.3) is 0 Å². The molecule has 6 aromatic heterocycles. The highest BCUT2D eigenvalue weighted by Gasteiger charge is 2.16. The van der Waals surface area contributed by atoms with Gasteiger partial charge in [0, 0.05) is 41.3 Å². The lowest BCUT2D eigenvalue weighted by atomic mass is 10.1. The van der Waals surface area contributed by atoms with Crippen LogP contribution >= 0.6 is 0 Å². The molecule has 6 heterocycles. The van der Waals surface area contributed by atoms with E-state index in [1.807, 2.05) is 24.3 Å². The second-order valence-electron chi connectivity index (χ2n) is 6.56. The Morgan fingerprint density at radius 2 is 1.86 bits per heavy atom. The van der Waals surface area contributed by atoms with Crippen molar-refractivity contribution in [1.82, 2.24) is 45.3 Å². The van der Waals surface area contributed by atoms with E-state index in [2.05, 4.69) is 40.3 Å². The van der Waals surface area contributed by atoms with Gasteiger partial charge in [-0.2, -0.15) is 10.2 Å². The number of fused-ring (bicyclic) bond motifs is 2. The first-order valence-corrected chi connectivity index (χ1v) is 8.95. The van der Waals surface area contributed by atoms with E-state index in [1.54, 1.807) is 37.2 Å². The molecule has 9 nitrogen and oxygen atoms in total. The summed E-state index contributed by atoms with van der Waals surface area (Å²) in [6.07, 6.45) is 10.6. The van der Waals surface area contributed by atoms with Crippen LogP contribution in [0.25, 0.3) is 56.0 Å². The fraction of sp³-hybridized carbons (Fsp3) is 0. The fourth-order valence-electron chi connectivity index (χ4n) is 3.41. The van der Waals surface area contributed by atoms with Crippen molar-refractivity contribution in [2.24, 2.45) is 0 Å². The standard InChI is InChI=1S/C20H13N9/c1-2-11(7-21-4-1)17-19-14(3-5-22-17)26-20(27-19)18-13-6-15(12-8-24-25-9-12)23-10-16(13)28-29-18/h1-10H,(H,24,25)(H,26,27)(H,28,29). The average Bonchev–Trinajstić information content (AvgIpc) is 3.52. The lowest BCUT2D eigenvalue weighted by Gasteiger charge is -1.99. The Hall–Kier alpha value is -4.40. The topological polar surface area (TPSA) is 125 Å². The van der Waals surface area contributed by atoms with Crippen molar-refractivity contribution in [3.05, 3.63) is 61.4 Å². The monoisotopic (exact) mass is 379 g/mol. The number of imidazole rings is 1. The van der Waals surface area contributed by atoms with Gasteiger partial charge >= 0.3 is 0 Å². The van der Waals surface area contributed by atoms with Crippen molar-refractivity contribution in [3.63, 3.8) is 0 Å². The second-order valence-corrected chi connectivity index (χ2v) is 6.56. The summed E-state index contributed by atoms with van der Waals surface area (Å²) in [5.41, 5.74) is 6.62. The number of nitrogens with one attached hydrogen (secondary N) is 3. The predicted molar refractivity (Wildman–Crippen MR) is 108 cm³/mol. The minimum atomic E-state index is 0.661. The van der Waals surface area contributed by atoms with Crippen LogP contribution in [0.15, 0.2) is 61.4 Å². The third-order valence-electron chi connectivity index (χ3n) is 4.80. The molecule has 0 aliphatic rings. The summed E-state index contributed by atoms with van der Waals surface area (Å²) < 4.78 is 0. The van der Waals surface area contributed by atoms with E-state index in [4.69, 9.17) is 4.98 Å². The molecule has 0 saturated carbocycles. The van der Waals surface area contributed by atoms with Crippen LogP contribution < -0.4 is 0 Å². The quantitative estimate of drug-likeness (QED) is 0.433. The van der Waals surface area contributed by atoms with Crippen molar-refractivity contribution in [2.75, 3.05) is 0 Å². The van der Waals surface area contributed by atoms with Crippen molar-refractivity contribution in [1.29, 1.82) is 0 Å². The molecule has 9 heteroatoms. The summed E-state index contributed by atoms with van der Waals surface area (Å²) in [6, 6.07) is 7.73. The molecular weight excluding hydrogens is 366 g/mol. The van der Waals surface area contributed by atoms with Crippen LogP contribution in [-0.4, -0.2) is 45.3 Å². The Morgan fingerprint density at radius 1 is 0.862 bits per heavy atom. The third kappa shape index (κ3) is 2.48. The normalized spacial score (nSPS) is 11.4. The van der Waals surface area contributed by atoms with Gasteiger partial charge in [0.05, 0.1) is 34.8 Å². The van der Waals surface area contributed by atoms with Crippen LogP contribution in [0.2, 0.25) is 0 Å². The molecular formula is C20H13N9. The first kappa shape index (κ1) is 15.6. The summed E-state index contributed by atoms with van der Waals surface area (Å²) in [5, 5.41) is 15.2. The molecule has 0 radical (unpaired) electrons. The van der Waals surface area contributed by atoms with Crippen LogP contribution in [0.1, 0.15) is 0 Å². The van der Waals surface area contributed by atoms with Gasteiger partial charge in [-0.15, -0.1) is 0 Å². The number of hydrogen-bond donors (Lipinski definition) is 3. The Bertz CT molecular complexity index is 1450. The Kier molecular flexibility index (Phi) is 3.27. The molecule has 0 aliphatic carbocycles. The fourth-order valence-corrected chi connectivity index (χ4v) is 3.41. The molecule has 0 saturated heterocycles. The molecule has 138 valence electrons. The van der Waals surface area contributed by atoms with Gasteiger partial charge in [0.1, 0.15) is 11.2 Å². The number of rotatable bonds is 3. The van der Waals surface area contributed by atoms with Gasteiger partial charge in [0.2, 0.25) is 0 Å². The minimum Gasteiger partial charge on any atom is -0.336 e. The van der Waals surface area contributed by atoms with Crippen LogP contribution in [-0.2, 0) is 0 Å². The highest BCUT2D eigenvalue weighted by Crippen LogP contribution is 2.31. The first-order chi connectivity index (χ1) is 14.4. The van der Waals surface area contributed by atoms with Gasteiger partial charge < -0.3 is 4.98 Å². The zero-order valence-electron chi connectivity index (χ0n) is 15.0. The predicted octanol–water partition coefficient (Wildman–Crippen LogP) is 3.35. The maximum absolute atomic E-state index is 4.81. The molecule has 0 amide bonds. The van der Waals surface area contributed by atoms with Gasteiger partial charge in [-0.1, -0.05) is 0 Å². The number of aromatic nitrogens is 9. The van der Waals surface area contributed by atoms with Crippen molar-refractivity contribution in [3.8, 4) is 34.0 Å². The third-order valence-corrected chi connectivity index (χ3v) is 4.80. The highest BCUT2D eigenvalue weighted by molar-refractivity contribution is 5.96. The van der Waals surface area contributed by atoms with Crippen molar-refractivity contribution < 1.29 is 0 Å². The molecule has 6 aromatic rings. The molecule has 0 unspecified atom stereocenters. The van der Waals surface area contributed by atoms with Gasteiger partial charge in [-0.25, -0.2) is 4.98 Å². The summed E-state index contributed by atoms with van der Waals surface area (Å²) >= 11 is 0. The summed E-state index contributed by atoms with van der Waals surface area (Å²) in [5.74, 6) is 0.661. The largest absolute Gasteiger partial charge is 0.336 e. The van der Waals surface area contributed by atoms with Gasteiger partial charge in [-0.3, -0.25) is 25.1 Å². The number of pyridine rings is 3. The van der Waals surface area contributed by atoms with Gasteiger partial charge in [-0.05, 0) is 24.3 Å². The van der Waals surface area contributed by atoms with Crippen LogP contribution in [0.5, 0.6) is 0 Å². The molecule has 0 bridgehead atoms. The second kappa shape index (κ2) is 6.06. The molecule has 6 rings (SSSR count). The van der Waals surface area contributed by atoms with Crippen LogP contribution in [0.3, 0.4) is 0 Å². The summed E-state index contributed by atoms with van der Waals surface area (Å²) in [7, 11) is 0. The molecule has 0 fully saturated rings. The summed E-state index contributed by atoms with van der Waals surface area (Å²) in [4.78, 5) is 21.3. The van der Waals surface area contributed by atoms with Gasteiger partial charge in [0.15, 0.2) is 5.82 Å². The minimum absolute atomic E-state index is 0.661. The van der Waals surface area contributed by atoms with Crippen LogP contribution in [0.4, 0.5) is 0 Å². The average molecular weight is 379 g/mol. The maximum Gasteiger partial charge on any atom is 0.159 e. The lowest BCUT2D eigenvalue weighted by Crippen LogP contribution is -1.86. The SMILES string of the molecule is c1cncc(-c2nccc3[nH]c(-c4n[nH]c5cnc(-c6cn[nH]c6)cc45)nc23)c1. The van der Waals surface area contributed by atoms with E-state index in [-0.39, 0.29) is 0 Å². The summed E-state index contributed by atoms with van der Waals surface area (Å²) in [6.45, 7) is 0. The molecule has 0 atom stereocenters. The number of H-pyrrole nitrogens is 3. The first-order valence-electron chi connectivity index (χ1n) is 8.95. The maximum atomic E-state index is 4.81. The van der Waals surface area contributed by atoms with E-state index < -0.39 is 0 Å². The number of nitrogens with zero attached hydrogens (tertiary/aromatic N) is 6. The van der Waals surface area contributed by atoms with E-state index in [1.165, 1.54) is 0 Å². The van der Waals surface area contributed by atoms with Crippen LogP contribution in [0, 0.1) is 0 Å². The van der Waals surface area contributed by atoms with Crippen molar-refractivity contribution >= 4 is 21.9 Å². The highest BCUT2D eigenvalue weighted by atomic mass is 15.1. The van der Waals surface area contributed by atoms with E-state index in [9.17, 15) is 0 Å². The molecule has 0 aliphatic heterocycles. The van der Waals surface area contributed by atoms with Crippen molar-refractivity contribution in [2.45, 2.75) is 0 Å². The van der Waals surface area contributed by atoms with E-state index in [0.717, 1.165) is 50.1 Å². The zero-order chi connectivity index (χ0) is 19.2. The molecule has 29 heavy (non-hydrogen) atoms. The number of aromatic amines is 3. The molecule has 3 N–H and O–H groups in total. The lowest BCUT2D eigenvalue weighted by molar-refractivity contribution is 1.09. The Balaban J connectivity index is 1.54. The van der Waals surface area contributed by atoms with E-state index >= 15 is 0 Å². The molecule has 0 spiro atoms. The smallest absolute Gasteiger partial charge is 0.159 e. The zero-order valence-corrected chi connectivity index (χ0v) is 15.0. The number of hydrogen-bond acceptors (Lipinski definition) is 6. The Labute approximate surface area is 163 Å².